The van der Waals surface area contributed by atoms with Crippen LogP contribution in [0.4, 0.5) is 22.7 Å². The SMILES string of the molecule is S=C([S-])N(c1cccc2ccccc12)c1cccc2ccccc12.S=C([S-])N(c1cccc2ccccc12)c1cccc2ccccc12.[Ni+2]. The minimum atomic E-state index is 0. The van der Waals surface area contributed by atoms with E-state index in [-0.39, 0.29) is 16.5 Å². The summed E-state index contributed by atoms with van der Waals surface area (Å²) in [4.78, 5) is 3.99. The first kappa shape index (κ1) is 34.4. The number of benzene rings is 8. The van der Waals surface area contributed by atoms with Crippen molar-refractivity contribution < 1.29 is 16.5 Å². The Bertz CT molecular complexity index is 2110. The van der Waals surface area contributed by atoms with Gasteiger partial charge in [0.1, 0.15) is 0 Å². The number of hydrogen-bond donors (Lipinski definition) is 0. The summed E-state index contributed by atoms with van der Waals surface area (Å²) in [5, 5.41) is 9.25. The first-order valence-electron chi connectivity index (χ1n) is 15.4. The van der Waals surface area contributed by atoms with Crippen LogP contribution in [0.2, 0.25) is 0 Å². The molecule has 0 fully saturated rings. The van der Waals surface area contributed by atoms with Crippen LogP contribution in [0.15, 0.2) is 170 Å². The molecule has 0 aliphatic rings. The van der Waals surface area contributed by atoms with Crippen LogP contribution in [0, 0.1) is 0 Å². The molecule has 0 N–H and O–H groups in total. The summed E-state index contributed by atoms with van der Waals surface area (Å²) in [7, 11) is 0. The average molecular weight is 748 g/mol. The molecule has 0 spiro atoms. The first-order valence-corrected chi connectivity index (χ1v) is 17.1. The van der Waals surface area contributed by atoms with Gasteiger partial charge in [-0.3, -0.25) is 0 Å². The second-order valence-corrected chi connectivity index (χ2v) is 13.3. The van der Waals surface area contributed by atoms with Gasteiger partial charge in [0.2, 0.25) is 0 Å². The monoisotopic (exact) mass is 746 g/mol. The zero-order valence-electron chi connectivity index (χ0n) is 26.0. The molecule has 0 saturated heterocycles. The summed E-state index contributed by atoms with van der Waals surface area (Å²) in [6.07, 6.45) is 0. The zero-order chi connectivity index (χ0) is 33.0. The number of thiocarbonyl (C=S) groups is 2. The quantitative estimate of drug-likeness (QED) is 0.0998. The molecule has 0 aliphatic carbocycles. The van der Waals surface area contributed by atoms with E-state index in [1.165, 1.54) is 21.5 Å². The summed E-state index contributed by atoms with van der Waals surface area (Å²) < 4.78 is 0.838. The van der Waals surface area contributed by atoms with E-state index in [9.17, 15) is 0 Å². The Morgan fingerprint density at radius 2 is 0.531 bits per heavy atom. The number of rotatable bonds is 4. The predicted molar refractivity (Wildman–Crippen MR) is 220 cm³/mol. The summed E-state index contributed by atoms with van der Waals surface area (Å²) in [5.74, 6) is 0. The van der Waals surface area contributed by atoms with Gasteiger partial charge in [-0.25, -0.2) is 0 Å². The third-order valence-electron chi connectivity index (χ3n) is 8.40. The average Bonchev–Trinajstić information content (AvgIpc) is 3.12. The molecule has 0 saturated carbocycles. The van der Waals surface area contributed by atoms with Crippen molar-refractivity contribution in [1.82, 2.24) is 0 Å². The van der Waals surface area contributed by atoms with Crippen LogP contribution in [0.5, 0.6) is 0 Å². The van der Waals surface area contributed by atoms with Crippen LogP contribution in [0.1, 0.15) is 0 Å². The van der Waals surface area contributed by atoms with Gasteiger partial charge in [-0.2, -0.15) is 0 Å². The normalized spacial score (nSPS) is 10.6. The van der Waals surface area contributed by atoms with Crippen LogP contribution >= 0.6 is 24.4 Å². The molecule has 0 radical (unpaired) electrons. The molecule has 0 atom stereocenters. The van der Waals surface area contributed by atoms with Crippen molar-refractivity contribution in [3.8, 4) is 0 Å². The Kier molecular flexibility index (Phi) is 10.8. The fraction of sp³-hybridized carbons (Fsp3) is 0. The van der Waals surface area contributed by atoms with Gasteiger partial charge in [0.25, 0.3) is 0 Å². The molecule has 2 nitrogen and oxygen atoms in total. The summed E-state index contributed by atoms with van der Waals surface area (Å²) in [6, 6.07) is 58.1. The Morgan fingerprint density at radius 3 is 0.755 bits per heavy atom. The minimum Gasteiger partial charge on any atom is -0.411 e. The molecule has 0 heterocycles. The third kappa shape index (κ3) is 7.00. The van der Waals surface area contributed by atoms with Gasteiger partial charge in [-0.15, -0.1) is 0 Å². The molecular weight excluding hydrogens is 719 g/mol. The van der Waals surface area contributed by atoms with Crippen molar-refractivity contribution in [3.05, 3.63) is 170 Å². The summed E-state index contributed by atoms with van der Waals surface area (Å²) in [6.45, 7) is 0. The summed E-state index contributed by atoms with van der Waals surface area (Å²) in [5.41, 5.74) is 4.07. The van der Waals surface area contributed by atoms with E-state index in [0.29, 0.717) is 8.64 Å². The zero-order valence-corrected chi connectivity index (χ0v) is 30.3. The largest absolute Gasteiger partial charge is 2.00 e. The maximum atomic E-state index is 5.45. The van der Waals surface area contributed by atoms with Crippen LogP contribution in [-0.4, -0.2) is 8.64 Å². The summed E-state index contributed by atoms with van der Waals surface area (Å²) >= 11 is 21.8. The predicted octanol–water partition coefficient (Wildman–Crippen LogP) is 11.9. The van der Waals surface area contributed by atoms with Gasteiger partial charge < -0.3 is 59.5 Å². The van der Waals surface area contributed by atoms with E-state index < -0.39 is 0 Å². The molecule has 0 aliphatic heterocycles. The second-order valence-electron chi connectivity index (χ2n) is 11.2. The number of fused-ring (bicyclic) bond motifs is 4. The molecular formula is C42H28N2NiS4. The molecule has 240 valence electrons. The van der Waals surface area contributed by atoms with Crippen LogP contribution in [0.3, 0.4) is 0 Å². The van der Waals surface area contributed by atoms with E-state index >= 15 is 0 Å². The molecule has 7 heteroatoms. The number of nitrogens with zero attached hydrogens (tertiary/aromatic N) is 2. The molecule has 49 heavy (non-hydrogen) atoms. The molecule has 8 rings (SSSR count). The van der Waals surface area contributed by atoms with Gasteiger partial charge in [0.05, 0.1) is 22.7 Å². The smallest absolute Gasteiger partial charge is 0.411 e. The van der Waals surface area contributed by atoms with Crippen LogP contribution < -0.4 is 9.80 Å². The topological polar surface area (TPSA) is 6.48 Å². The van der Waals surface area contributed by atoms with Crippen molar-refractivity contribution >= 4 is 124 Å². The fourth-order valence-corrected chi connectivity index (χ4v) is 7.05. The standard InChI is InChI=1S/2C21H15NS2.Ni/c2*23-21(24)22(19-13-5-9-15-7-1-3-11-17(15)19)20-14-6-10-16-8-2-4-12-18(16)20;/h2*1-14H,(H,23,24);/q;;+2/p-2. The van der Waals surface area contributed by atoms with E-state index in [1.807, 2.05) is 82.6 Å². The van der Waals surface area contributed by atoms with Gasteiger partial charge in [0, 0.05) is 21.5 Å². The Labute approximate surface area is 318 Å². The fourth-order valence-electron chi connectivity index (χ4n) is 6.27. The van der Waals surface area contributed by atoms with Crippen molar-refractivity contribution in [3.63, 3.8) is 0 Å². The van der Waals surface area contributed by atoms with Crippen molar-refractivity contribution in [2.24, 2.45) is 0 Å². The van der Waals surface area contributed by atoms with Crippen LogP contribution in [-0.2, 0) is 41.7 Å². The molecule has 0 unspecified atom stereocenters. The Morgan fingerprint density at radius 1 is 0.327 bits per heavy atom. The third-order valence-corrected chi connectivity index (χ3v) is 9.13. The van der Waals surface area contributed by atoms with Crippen molar-refractivity contribution in [2.45, 2.75) is 0 Å². The van der Waals surface area contributed by atoms with Crippen molar-refractivity contribution in [2.75, 3.05) is 9.80 Å². The number of hydrogen-bond acceptors (Lipinski definition) is 4. The maximum absolute atomic E-state index is 5.45. The molecule has 8 aromatic carbocycles. The molecule has 0 bridgehead atoms. The minimum absolute atomic E-state index is 0. The second kappa shape index (κ2) is 15.4. The van der Waals surface area contributed by atoms with Crippen LogP contribution in [0.25, 0.3) is 43.1 Å². The Balaban J connectivity index is 0.000000167. The maximum Gasteiger partial charge on any atom is 2.00 e. The van der Waals surface area contributed by atoms with Crippen molar-refractivity contribution in [1.29, 1.82) is 0 Å². The molecule has 0 amide bonds. The van der Waals surface area contributed by atoms with E-state index in [4.69, 9.17) is 49.7 Å². The molecule has 0 aromatic heterocycles. The van der Waals surface area contributed by atoms with E-state index in [2.05, 4.69) is 97.1 Å². The van der Waals surface area contributed by atoms with E-state index in [1.54, 1.807) is 0 Å². The van der Waals surface area contributed by atoms with Gasteiger partial charge in [-0.1, -0.05) is 154 Å². The number of anilines is 4. The van der Waals surface area contributed by atoms with Gasteiger partial charge in [0.15, 0.2) is 0 Å². The van der Waals surface area contributed by atoms with E-state index in [0.717, 1.165) is 44.3 Å². The van der Waals surface area contributed by atoms with Gasteiger partial charge in [-0.05, 0) is 45.8 Å². The molecule has 8 aromatic rings. The van der Waals surface area contributed by atoms with Gasteiger partial charge >= 0.3 is 16.5 Å². The first-order chi connectivity index (χ1) is 23.5. The Hall–Kier alpha value is -4.49.